The minimum Gasteiger partial charge on any atom is -0.382 e. The van der Waals surface area contributed by atoms with Crippen LogP contribution in [-0.2, 0) is 6.18 Å². The number of rotatable bonds is 4. The lowest BCUT2D eigenvalue weighted by molar-refractivity contribution is -0.140. The van der Waals surface area contributed by atoms with Crippen molar-refractivity contribution in [2.45, 2.75) is 43.9 Å². The number of aromatic nitrogens is 2. The summed E-state index contributed by atoms with van der Waals surface area (Å²) in [6, 6.07) is 13.5. The molecule has 0 atom stereocenters. The van der Waals surface area contributed by atoms with E-state index in [0.29, 0.717) is 22.2 Å². The SMILES string of the molecule is O=C(NC1CCC(Nc2cc(C(F)(F)F)nc3ccccc23)CC1)c1ccc2ncsc2c1. The van der Waals surface area contributed by atoms with Crippen LogP contribution in [0.5, 0.6) is 0 Å². The maximum Gasteiger partial charge on any atom is 0.433 e. The number of hydrogen-bond acceptors (Lipinski definition) is 5. The lowest BCUT2D eigenvalue weighted by atomic mass is 9.90. The zero-order valence-electron chi connectivity index (χ0n) is 17.5. The third kappa shape index (κ3) is 4.64. The Labute approximate surface area is 192 Å². The van der Waals surface area contributed by atoms with E-state index in [0.717, 1.165) is 42.0 Å². The molecule has 0 spiro atoms. The van der Waals surface area contributed by atoms with Gasteiger partial charge in [-0.3, -0.25) is 4.79 Å². The largest absolute Gasteiger partial charge is 0.433 e. The summed E-state index contributed by atoms with van der Waals surface area (Å²) in [5.74, 6) is -0.114. The van der Waals surface area contributed by atoms with Crippen molar-refractivity contribution < 1.29 is 18.0 Å². The Kier molecular flexibility index (Phi) is 5.65. The molecular weight excluding hydrogens is 449 g/mol. The van der Waals surface area contributed by atoms with Gasteiger partial charge in [0.25, 0.3) is 5.91 Å². The van der Waals surface area contributed by atoms with Gasteiger partial charge in [-0.15, -0.1) is 11.3 Å². The zero-order chi connectivity index (χ0) is 23.0. The van der Waals surface area contributed by atoms with E-state index in [1.807, 2.05) is 12.1 Å². The van der Waals surface area contributed by atoms with Crippen LogP contribution in [0.3, 0.4) is 0 Å². The van der Waals surface area contributed by atoms with E-state index in [4.69, 9.17) is 0 Å². The van der Waals surface area contributed by atoms with Crippen molar-refractivity contribution in [2.24, 2.45) is 0 Å². The van der Waals surface area contributed by atoms with E-state index in [1.165, 1.54) is 11.3 Å². The van der Waals surface area contributed by atoms with Crippen LogP contribution in [0.1, 0.15) is 41.7 Å². The Hall–Kier alpha value is -3.20. The molecular formula is C24H21F3N4OS. The first-order chi connectivity index (χ1) is 15.9. The highest BCUT2D eigenvalue weighted by molar-refractivity contribution is 7.16. The Morgan fingerprint density at radius 1 is 0.970 bits per heavy atom. The number of alkyl halides is 3. The monoisotopic (exact) mass is 470 g/mol. The Bertz CT molecular complexity index is 1310. The van der Waals surface area contributed by atoms with Gasteiger partial charge in [0.05, 0.1) is 21.2 Å². The molecule has 5 rings (SSSR count). The molecule has 5 nitrogen and oxygen atoms in total. The average molecular weight is 471 g/mol. The molecule has 2 aromatic carbocycles. The first-order valence-corrected chi connectivity index (χ1v) is 11.6. The summed E-state index contributed by atoms with van der Waals surface area (Å²) in [6.07, 6.45) is -1.51. The minimum atomic E-state index is -4.51. The molecule has 0 radical (unpaired) electrons. The number of pyridine rings is 1. The van der Waals surface area contributed by atoms with Crippen LogP contribution < -0.4 is 10.6 Å². The van der Waals surface area contributed by atoms with Crippen molar-refractivity contribution >= 4 is 44.1 Å². The van der Waals surface area contributed by atoms with Crippen LogP contribution in [-0.4, -0.2) is 28.0 Å². The van der Waals surface area contributed by atoms with Crippen LogP contribution in [0.4, 0.5) is 18.9 Å². The summed E-state index contributed by atoms with van der Waals surface area (Å²) in [5, 5.41) is 7.06. The van der Waals surface area contributed by atoms with Gasteiger partial charge in [0, 0.05) is 28.7 Å². The maximum absolute atomic E-state index is 13.3. The Balaban J connectivity index is 1.24. The first-order valence-electron chi connectivity index (χ1n) is 10.7. The van der Waals surface area contributed by atoms with Crippen molar-refractivity contribution in [1.82, 2.24) is 15.3 Å². The number of halogens is 3. The lowest BCUT2D eigenvalue weighted by Crippen LogP contribution is -2.40. The van der Waals surface area contributed by atoms with Crippen LogP contribution in [0.25, 0.3) is 21.1 Å². The quantitative estimate of drug-likeness (QED) is 0.383. The fraction of sp³-hybridized carbons (Fsp3) is 0.292. The molecule has 2 aromatic heterocycles. The van der Waals surface area contributed by atoms with Crippen molar-refractivity contribution in [3.8, 4) is 0 Å². The number of benzene rings is 2. The number of carbonyl (C=O) groups is 1. The van der Waals surface area contributed by atoms with E-state index in [-0.39, 0.29) is 18.0 Å². The number of fused-ring (bicyclic) bond motifs is 2. The van der Waals surface area contributed by atoms with Gasteiger partial charge in [-0.2, -0.15) is 13.2 Å². The normalized spacial score (nSPS) is 19.0. The van der Waals surface area contributed by atoms with Crippen molar-refractivity contribution in [3.05, 3.63) is 65.3 Å². The van der Waals surface area contributed by atoms with E-state index in [9.17, 15) is 18.0 Å². The van der Waals surface area contributed by atoms with E-state index in [2.05, 4.69) is 20.6 Å². The Morgan fingerprint density at radius 3 is 2.52 bits per heavy atom. The highest BCUT2D eigenvalue weighted by Crippen LogP contribution is 2.34. The number of nitrogens with one attached hydrogen (secondary N) is 2. The van der Waals surface area contributed by atoms with Gasteiger partial charge in [0.15, 0.2) is 0 Å². The fourth-order valence-corrected chi connectivity index (χ4v) is 5.02. The topological polar surface area (TPSA) is 66.9 Å². The van der Waals surface area contributed by atoms with Gasteiger partial charge >= 0.3 is 6.18 Å². The molecule has 1 aliphatic rings. The average Bonchev–Trinajstić information content (AvgIpc) is 3.27. The van der Waals surface area contributed by atoms with E-state index in [1.54, 1.807) is 35.8 Å². The van der Waals surface area contributed by atoms with Gasteiger partial charge in [-0.05, 0) is 56.0 Å². The molecule has 0 aliphatic heterocycles. The molecule has 1 amide bonds. The van der Waals surface area contributed by atoms with Crippen molar-refractivity contribution in [1.29, 1.82) is 0 Å². The molecule has 9 heteroatoms. The maximum atomic E-state index is 13.3. The highest BCUT2D eigenvalue weighted by Gasteiger charge is 2.34. The number of para-hydroxylation sites is 1. The smallest absolute Gasteiger partial charge is 0.382 e. The van der Waals surface area contributed by atoms with Gasteiger partial charge < -0.3 is 10.6 Å². The highest BCUT2D eigenvalue weighted by atomic mass is 32.1. The van der Waals surface area contributed by atoms with Gasteiger partial charge in [-0.25, -0.2) is 9.97 Å². The predicted octanol–water partition coefficient (Wildman–Crippen LogP) is 6.02. The number of anilines is 1. The summed E-state index contributed by atoms with van der Waals surface area (Å²) >= 11 is 1.50. The molecule has 1 aliphatic carbocycles. The summed E-state index contributed by atoms with van der Waals surface area (Å²) in [6.45, 7) is 0. The second kappa shape index (κ2) is 8.62. The molecule has 2 heterocycles. The van der Waals surface area contributed by atoms with E-state index >= 15 is 0 Å². The molecule has 33 heavy (non-hydrogen) atoms. The number of amides is 1. The standard InChI is InChI=1S/C24H21F3N4OS/c25-24(26,27)22-12-20(17-3-1-2-4-18(17)31-22)29-15-6-8-16(9-7-15)30-23(32)14-5-10-19-21(11-14)33-13-28-19/h1-5,10-13,15-16H,6-9H2,(H,29,31)(H,30,32). The van der Waals surface area contributed by atoms with Crippen molar-refractivity contribution in [2.75, 3.05) is 5.32 Å². The molecule has 0 saturated heterocycles. The van der Waals surface area contributed by atoms with E-state index < -0.39 is 11.9 Å². The van der Waals surface area contributed by atoms with Crippen LogP contribution in [0.2, 0.25) is 0 Å². The molecule has 1 saturated carbocycles. The molecule has 0 unspecified atom stereocenters. The molecule has 2 N–H and O–H groups in total. The summed E-state index contributed by atoms with van der Waals surface area (Å²) in [5.41, 5.74) is 3.09. The summed E-state index contributed by atoms with van der Waals surface area (Å²) in [4.78, 5) is 20.7. The zero-order valence-corrected chi connectivity index (χ0v) is 18.3. The molecule has 4 aromatic rings. The van der Waals surface area contributed by atoms with Crippen LogP contribution in [0.15, 0.2) is 54.0 Å². The first kappa shape index (κ1) is 21.6. The fourth-order valence-electron chi connectivity index (χ4n) is 4.31. The molecule has 1 fully saturated rings. The third-order valence-electron chi connectivity index (χ3n) is 6.02. The number of nitrogens with zero attached hydrogens (tertiary/aromatic N) is 2. The number of hydrogen-bond donors (Lipinski definition) is 2. The van der Waals surface area contributed by atoms with Crippen molar-refractivity contribution in [3.63, 3.8) is 0 Å². The van der Waals surface area contributed by atoms with Gasteiger partial charge in [0.1, 0.15) is 5.69 Å². The van der Waals surface area contributed by atoms with Crippen LogP contribution in [0, 0.1) is 0 Å². The summed E-state index contributed by atoms with van der Waals surface area (Å²) in [7, 11) is 0. The Morgan fingerprint density at radius 2 is 1.73 bits per heavy atom. The number of carbonyl (C=O) groups excluding carboxylic acids is 1. The van der Waals surface area contributed by atoms with Gasteiger partial charge in [-0.1, -0.05) is 18.2 Å². The predicted molar refractivity (Wildman–Crippen MR) is 123 cm³/mol. The molecule has 0 bridgehead atoms. The van der Waals surface area contributed by atoms with Gasteiger partial charge in [0.2, 0.25) is 0 Å². The summed E-state index contributed by atoms with van der Waals surface area (Å²) < 4.78 is 40.9. The number of thiazole rings is 1. The second-order valence-corrected chi connectivity index (χ2v) is 9.16. The molecule has 170 valence electrons. The second-order valence-electron chi connectivity index (χ2n) is 8.27. The third-order valence-corrected chi connectivity index (χ3v) is 6.81. The minimum absolute atomic E-state index is 0.0265. The van der Waals surface area contributed by atoms with Crippen LogP contribution >= 0.6 is 11.3 Å². The lowest BCUT2D eigenvalue weighted by Gasteiger charge is -2.30.